The van der Waals surface area contributed by atoms with Gasteiger partial charge in [0.15, 0.2) is 5.82 Å². The number of anilines is 2. The molecule has 0 N–H and O–H groups in total. The first-order valence-electron chi connectivity index (χ1n) is 9.34. The first kappa shape index (κ1) is 17.1. The highest BCUT2D eigenvalue weighted by Crippen LogP contribution is 2.31. The van der Waals surface area contributed by atoms with Gasteiger partial charge in [-0.3, -0.25) is 0 Å². The maximum absolute atomic E-state index is 5.53. The smallest absolute Gasteiger partial charge is 0.154 e. The van der Waals surface area contributed by atoms with Gasteiger partial charge in [-0.25, -0.2) is 9.50 Å². The monoisotopic (exact) mass is 391 g/mol. The van der Waals surface area contributed by atoms with Crippen LogP contribution in [0.4, 0.5) is 11.5 Å². The minimum atomic E-state index is 0.907. The average Bonchev–Trinajstić information content (AvgIpc) is 3.43. The van der Waals surface area contributed by atoms with Gasteiger partial charge in [-0.2, -0.15) is 5.10 Å². The molecule has 5 rings (SSSR count). The number of methoxy groups -OCH3 is 1. The van der Waals surface area contributed by atoms with Crippen LogP contribution >= 0.6 is 11.3 Å². The fraction of sp³-hybridized carbons (Fsp3) is 0.238. The molecule has 1 aliphatic heterocycles. The van der Waals surface area contributed by atoms with Gasteiger partial charge >= 0.3 is 0 Å². The van der Waals surface area contributed by atoms with Gasteiger partial charge in [0.1, 0.15) is 17.0 Å². The van der Waals surface area contributed by atoms with Crippen LogP contribution in [0.15, 0.2) is 60.2 Å². The molecule has 1 saturated heterocycles. The Morgan fingerprint density at radius 2 is 1.82 bits per heavy atom. The summed E-state index contributed by atoms with van der Waals surface area (Å²) in [7, 11) is 1.73. The quantitative estimate of drug-likeness (QED) is 0.530. The zero-order valence-electron chi connectivity index (χ0n) is 15.7. The number of piperazine rings is 1. The lowest BCUT2D eigenvalue weighted by Gasteiger charge is -2.37. The molecule has 0 atom stereocenters. The van der Waals surface area contributed by atoms with Gasteiger partial charge in [-0.1, -0.05) is 18.2 Å². The van der Waals surface area contributed by atoms with E-state index in [0.717, 1.165) is 54.6 Å². The zero-order chi connectivity index (χ0) is 18.9. The lowest BCUT2D eigenvalue weighted by molar-refractivity contribution is 0.413. The third-order valence-corrected chi connectivity index (χ3v) is 6.04. The van der Waals surface area contributed by atoms with Crippen LogP contribution in [0.2, 0.25) is 0 Å². The van der Waals surface area contributed by atoms with E-state index in [1.807, 2.05) is 29.0 Å². The maximum atomic E-state index is 5.53. The summed E-state index contributed by atoms with van der Waals surface area (Å²) in [4.78, 5) is 10.6. The van der Waals surface area contributed by atoms with Crippen molar-refractivity contribution in [3.05, 3.63) is 60.2 Å². The van der Waals surface area contributed by atoms with Gasteiger partial charge in [0.25, 0.3) is 0 Å². The molecule has 0 radical (unpaired) electrons. The van der Waals surface area contributed by atoms with E-state index in [2.05, 4.69) is 50.5 Å². The van der Waals surface area contributed by atoms with Crippen molar-refractivity contribution in [3.63, 3.8) is 0 Å². The molecule has 0 unspecified atom stereocenters. The molecule has 4 heterocycles. The van der Waals surface area contributed by atoms with E-state index in [1.54, 1.807) is 18.4 Å². The van der Waals surface area contributed by atoms with Gasteiger partial charge in [0.2, 0.25) is 0 Å². The van der Waals surface area contributed by atoms with E-state index >= 15 is 0 Å². The SMILES string of the molecule is COc1ccccc1N1CCN(c2nccn3nc(-c4cccs4)cc23)CC1. The molecule has 0 spiro atoms. The van der Waals surface area contributed by atoms with Crippen molar-refractivity contribution >= 4 is 28.4 Å². The van der Waals surface area contributed by atoms with E-state index in [4.69, 9.17) is 9.84 Å². The van der Waals surface area contributed by atoms with Crippen molar-refractivity contribution in [1.82, 2.24) is 14.6 Å². The fourth-order valence-electron chi connectivity index (χ4n) is 3.75. The molecule has 6 nitrogen and oxygen atoms in total. The highest BCUT2D eigenvalue weighted by Gasteiger charge is 2.22. The molecular formula is C21H21N5OS. The number of para-hydroxylation sites is 2. The van der Waals surface area contributed by atoms with E-state index in [9.17, 15) is 0 Å². The fourth-order valence-corrected chi connectivity index (χ4v) is 4.43. The van der Waals surface area contributed by atoms with Crippen molar-refractivity contribution in [3.8, 4) is 16.3 Å². The summed E-state index contributed by atoms with van der Waals surface area (Å²) in [5.41, 5.74) is 3.20. The van der Waals surface area contributed by atoms with Crippen molar-refractivity contribution in [1.29, 1.82) is 0 Å². The number of ether oxygens (including phenoxy) is 1. The Morgan fingerprint density at radius 1 is 1.00 bits per heavy atom. The predicted molar refractivity (Wildman–Crippen MR) is 114 cm³/mol. The van der Waals surface area contributed by atoms with Crippen molar-refractivity contribution in [2.24, 2.45) is 0 Å². The molecule has 142 valence electrons. The molecule has 1 fully saturated rings. The zero-order valence-corrected chi connectivity index (χ0v) is 16.5. The number of benzene rings is 1. The van der Waals surface area contributed by atoms with E-state index < -0.39 is 0 Å². The van der Waals surface area contributed by atoms with Crippen molar-refractivity contribution in [2.45, 2.75) is 0 Å². The number of thiophene rings is 1. The van der Waals surface area contributed by atoms with Crippen LogP contribution < -0.4 is 14.5 Å². The number of hydrogen-bond donors (Lipinski definition) is 0. The normalized spacial score (nSPS) is 14.6. The van der Waals surface area contributed by atoms with Gasteiger partial charge in [-0.05, 0) is 29.6 Å². The first-order valence-corrected chi connectivity index (χ1v) is 10.2. The molecule has 1 aliphatic rings. The van der Waals surface area contributed by atoms with Crippen LogP contribution in [-0.4, -0.2) is 47.9 Å². The summed E-state index contributed by atoms with van der Waals surface area (Å²) in [6.07, 6.45) is 3.75. The number of nitrogens with zero attached hydrogens (tertiary/aromatic N) is 5. The van der Waals surface area contributed by atoms with Gasteiger partial charge in [-0.15, -0.1) is 11.3 Å². The van der Waals surface area contributed by atoms with Crippen molar-refractivity contribution in [2.75, 3.05) is 43.1 Å². The number of aromatic nitrogens is 3. The van der Waals surface area contributed by atoms with Crippen LogP contribution in [0.3, 0.4) is 0 Å². The molecule has 4 aromatic rings. The molecular weight excluding hydrogens is 370 g/mol. The molecule has 28 heavy (non-hydrogen) atoms. The van der Waals surface area contributed by atoms with Gasteiger partial charge < -0.3 is 14.5 Å². The number of fused-ring (bicyclic) bond motifs is 1. The van der Waals surface area contributed by atoms with Gasteiger partial charge in [0.05, 0.1) is 17.7 Å². The summed E-state index contributed by atoms with van der Waals surface area (Å²) in [5.74, 6) is 1.92. The summed E-state index contributed by atoms with van der Waals surface area (Å²) in [6.45, 7) is 3.67. The molecule has 0 aliphatic carbocycles. The van der Waals surface area contributed by atoms with Gasteiger partial charge in [0, 0.05) is 38.6 Å². The van der Waals surface area contributed by atoms with Crippen LogP contribution in [-0.2, 0) is 0 Å². The third-order valence-electron chi connectivity index (χ3n) is 5.15. The van der Waals surface area contributed by atoms with E-state index in [0.29, 0.717) is 0 Å². The predicted octanol–water partition coefficient (Wildman–Crippen LogP) is 3.79. The molecule has 1 aromatic carbocycles. The van der Waals surface area contributed by atoms with Crippen LogP contribution in [0, 0.1) is 0 Å². The number of rotatable bonds is 4. The molecule has 0 bridgehead atoms. The largest absolute Gasteiger partial charge is 0.495 e. The van der Waals surface area contributed by atoms with E-state index in [1.165, 1.54) is 4.88 Å². The first-order chi connectivity index (χ1) is 13.8. The molecule has 0 saturated carbocycles. The van der Waals surface area contributed by atoms with Crippen molar-refractivity contribution < 1.29 is 4.74 Å². The summed E-state index contributed by atoms with van der Waals surface area (Å²) in [5, 5.41) is 6.81. The minimum Gasteiger partial charge on any atom is -0.495 e. The Labute approximate surface area is 167 Å². The lowest BCUT2D eigenvalue weighted by atomic mass is 10.2. The topological polar surface area (TPSA) is 45.9 Å². The Morgan fingerprint density at radius 3 is 2.61 bits per heavy atom. The Kier molecular flexibility index (Phi) is 4.37. The second-order valence-corrected chi connectivity index (χ2v) is 7.68. The molecule has 3 aromatic heterocycles. The minimum absolute atomic E-state index is 0.907. The average molecular weight is 392 g/mol. The Hall–Kier alpha value is -3.06. The summed E-state index contributed by atoms with van der Waals surface area (Å²) < 4.78 is 7.46. The second kappa shape index (κ2) is 7.16. The summed E-state index contributed by atoms with van der Waals surface area (Å²) in [6, 6.07) is 14.5. The molecule has 0 amide bonds. The summed E-state index contributed by atoms with van der Waals surface area (Å²) >= 11 is 1.71. The van der Waals surface area contributed by atoms with E-state index in [-0.39, 0.29) is 0 Å². The highest BCUT2D eigenvalue weighted by atomic mass is 32.1. The third kappa shape index (κ3) is 2.97. The highest BCUT2D eigenvalue weighted by molar-refractivity contribution is 7.13. The Bertz CT molecular complexity index is 1080. The lowest BCUT2D eigenvalue weighted by Crippen LogP contribution is -2.47. The van der Waals surface area contributed by atoms with Crippen LogP contribution in [0.5, 0.6) is 5.75 Å². The standard InChI is InChI=1S/C21H21N5OS/c1-27-19-6-3-2-5-17(19)24-10-12-25(13-11-24)21-18-15-16(20-7-4-14-28-20)23-26(18)9-8-22-21/h2-9,14-15H,10-13H2,1H3. The molecule has 7 heteroatoms. The second-order valence-electron chi connectivity index (χ2n) is 6.73. The van der Waals surface area contributed by atoms with Crippen LogP contribution in [0.1, 0.15) is 0 Å². The van der Waals surface area contributed by atoms with Crippen LogP contribution in [0.25, 0.3) is 16.1 Å². The number of hydrogen-bond acceptors (Lipinski definition) is 6. The Balaban J connectivity index is 1.40. The maximum Gasteiger partial charge on any atom is 0.154 e.